The first-order chi connectivity index (χ1) is 14.2. The van der Waals surface area contributed by atoms with E-state index in [2.05, 4.69) is 26.8 Å². The molecule has 5 rings (SSSR count). The van der Waals surface area contributed by atoms with Gasteiger partial charge in [0.1, 0.15) is 11.7 Å². The normalized spacial score (nSPS) is 19.8. The second kappa shape index (κ2) is 7.22. The molecule has 0 radical (unpaired) electrons. The summed E-state index contributed by atoms with van der Waals surface area (Å²) < 4.78 is 1.86. The van der Waals surface area contributed by atoms with Gasteiger partial charge in [-0.15, -0.1) is 11.3 Å². The van der Waals surface area contributed by atoms with Crippen molar-refractivity contribution in [3.05, 3.63) is 30.2 Å². The number of fused-ring (bicyclic) bond motifs is 1. The molecule has 1 aliphatic heterocycles. The zero-order valence-corrected chi connectivity index (χ0v) is 17.3. The summed E-state index contributed by atoms with van der Waals surface area (Å²) in [6.07, 6.45) is 12.5. The zero-order valence-electron chi connectivity index (χ0n) is 16.5. The Labute approximate surface area is 173 Å². The summed E-state index contributed by atoms with van der Waals surface area (Å²) in [5.74, 6) is 2.23. The van der Waals surface area contributed by atoms with Gasteiger partial charge in [-0.05, 0) is 19.3 Å². The molecule has 0 spiro atoms. The second-order valence-electron chi connectivity index (χ2n) is 7.50. The highest BCUT2D eigenvalue weighted by molar-refractivity contribution is 7.13. The Kier molecular flexibility index (Phi) is 4.54. The fraction of sp³-hybridized carbons (Fsp3) is 0.450. The summed E-state index contributed by atoms with van der Waals surface area (Å²) in [7, 11) is 1.82. The fourth-order valence-corrected chi connectivity index (χ4v) is 5.08. The third-order valence-electron chi connectivity index (χ3n) is 5.88. The van der Waals surface area contributed by atoms with Crippen LogP contribution in [0, 0.1) is 0 Å². The van der Waals surface area contributed by atoms with Crippen LogP contribution in [-0.4, -0.2) is 49.5 Å². The number of thiazole rings is 1. The van der Waals surface area contributed by atoms with Crippen molar-refractivity contribution in [3.63, 3.8) is 0 Å². The summed E-state index contributed by atoms with van der Waals surface area (Å²) in [4.78, 5) is 35.3. The standard InChI is InChI=1S/C20H23N7OS/c1-3-14-19(28)25(2)15-12-23-20(24-16(15)27(14)13-6-4-5-7-13)26-10-8-21-17(26)18-22-9-11-29-18/h8-14H,3-7H2,1-2H3. The van der Waals surface area contributed by atoms with Crippen LogP contribution in [0.3, 0.4) is 0 Å². The number of anilines is 2. The van der Waals surface area contributed by atoms with E-state index >= 15 is 0 Å². The molecule has 3 aromatic heterocycles. The van der Waals surface area contributed by atoms with Crippen LogP contribution in [0.2, 0.25) is 0 Å². The highest BCUT2D eigenvalue weighted by atomic mass is 32.1. The van der Waals surface area contributed by atoms with Crippen molar-refractivity contribution in [1.29, 1.82) is 0 Å². The lowest BCUT2D eigenvalue weighted by Gasteiger charge is -2.43. The van der Waals surface area contributed by atoms with E-state index < -0.39 is 0 Å². The lowest BCUT2D eigenvalue weighted by atomic mass is 10.0. The Balaban J connectivity index is 1.64. The molecule has 1 amide bonds. The van der Waals surface area contributed by atoms with Gasteiger partial charge in [0.05, 0.1) is 6.20 Å². The van der Waals surface area contributed by atoms with Gasteiger partial charge in [-0.25, -0.2) is 15.0 Å². The minimum atomic E-state index is -0.181. The van der Waals surface area contributed by atoms with Crippen LogP contribution in [0.25, 0.3) is 16.8 Å². The number of rotatable bonds is 4. The third-order valence-corrected chi connectivity index (χ3v) is 6.65. The number of carbonyl (C=O) groups excluding carboxylic acids is 1. The van der Waals surface area contributed by atoms with Crippen molar-refractivity contribution in [2.24, 2.45) is 0 Å². The quantitative estimate of drug-likeness (QED) is 0.658. The predicted octanol–water partition coefficient (Wildman–Crippen LogP) is 3.29. The van der Waals surface area contributed by atoms with E-state index in [1.165, 1.54) is 24.2 Å². The van der Waals surface area contributed by atoms with Crippen molar-refractivity contribution < 1.29 is 4.79 Å². The first kappa shape index (κ1) is 18.2. The first-order valence-corrected chi connectivity index (χ1v) is 10.9. The third kappa shape index (κ3) is 2.91. The van der Waals surface area contributed by atoms with E-state index in [9.17, 15) is 4.79 Å². The van der Waals surface area contributed by atoms with E-state index in [1.807, 2.05) is 23.2 Å². The second-order valence-corrected chi connectivity index (χ2v) is 8.40. The predicted molar refractivity (Wildman–Crippen MR) is 112 cm³/mol. The number of hydrogen-bond donors (Lipinski definition) is 0. The van der Waals surface area contributed by atoms with Gasteiger partial charge in [0, 0.05) is 37.1 Å². The molecule has 0 aromatic carbocycles. The lowest BCUT2D eigenvalue weighted by molar-refractivity contribution is -0.120. The highest BCUT2D eigenvalue weighted by Gasteiger charge is 2.41. The molecule has 0 saturated heterocycles. The summed E-state index contributed by atoms with van der Waals surface area (Å²) in [5, 5.41) is 2.75. The van der Waals surface area contributed by atoms with E-state index in [1.54, 1.807) is 23.5 Å². The van der Waals surface area contributed by atoms with Crippen molar-refractivity contribution in [3.8, 4) is 16.8 Å². The Morgan fingerprint density at radius 2 is 2.00 bits per heavy atom. The number of amides is 1. The average molecular weight is 410 g/mol. The zero-order chi connectivity index (χ0) is 20.0. The van der Waals surface area contributed by atoms with Gasteiger partial charge >= 0.3 is 0 Å². The Hall–Kier alpha value is -2.81. The number of likely N-dealkylation sites (N-methyl/N-ethyl adjacent to an activating group) is 1. The smallest absolute Gasteiger partial charge is 0.249 e. The maximum Gasteiger partial charge on any atom is 0.249 e. The molecular formula is C20H23N7OS. The molecule has 1 atom stereocenters. The highest BCUT2D eigenvalue weighted by Crippen LogP contribution is 2.39. The van der Waals surface area contributed by atoms with Gasteiger partial charge < -0.3 is 9.80 Å². The SMILES string of the molecule is CCC1C(=O)N(C)c2cnc(-n3ccnc3-c3nccs3)nc2N1C1CCCC1. The lowest BCUT2D eigenvalue weighted by Crippen LogP contribution is -2.55. The van der Waals surface area contributed by atoms with E-state index in [4.69, 9.17) is 4.98 Å². The molecule has 0 bridgehead atoms. The summed E-state index contributed by atoms with van der Waals surface area (Å²) in [5.41, 5.74) is 0.770. The molecule has 1 fully saturated rings. The van der Waals surface area contributed by atoms with Crippen LogP contribution in [0.4, 0.5) is 11.5 Å². The molecule has 2 aliphatic rings. The summed E-state index contributed by atoms with van der Waals surface area (Å²) in [6.45, 7) is 2.07. The number of nitrogens with zero attached hydrogens (tertiary/aromatic N) is 7. The van der Waals surface area contributed by atoms with Crippen LogP contribution in [-0.2, 0) is 4.79 Å². The molecule has 1 unspecified atom stereocenters. The molecule has 150 valence electrons. The Bertz CT molecular complexity index is 1030. The van der Waals surface area contributed by atoms with Gasteiger partial charge in [0.15, 0.2) is 16.6 Å². The molecule has 4 heterocycles. The Morgan fingerprint density at radius 1 is 1.17 bits per heavy atom. The number of carbonyl (C=O) groups is 1. The summed E-state index contributed by atoms with van der Waals surface area (Å²) >= 11 is 1.53. The molecule has 1 aliphatic carbocycles. The minimum absolute atomic E-state index is 0.120. The molecular weight excluding hydrogens is 386 g/mol. The van der Waals surface area contributed by atoms with Crippen LogP contribution < -0.4 is 9.80 Å². The number of hydrogen-bond acceptors (Lipinski definition) is 7. The first-order valence-electron chi connectivity index (χ1n) is 10.1. The molecule has 8 nitrogen and oxygen atoms in total. The van der Waals surface area contributed by atoms with Crippen LogP contribution in [0.1, 0.15) is 39.0 Å². The molecule has 29 heavy (non-hydrogen) atoms. The van der Waals surface area contributed by atoms with Gasteiger partial charge in [-0.1, -0.05) is 19.8 Å². The van der Waals surface area contributed by atoms with Gasteiger partial charge in [-0.3, -0.25) is 9.36 Å². The van der Waals surface area contributed by atoms with E-state index in [0.717, 1.165) is 41.6 Å². The number of imidazole rings is 1. The molecule has 3 aromatic rings. The molecule has 0 N–H and O–H groups in total. The van der Waals surface area contributed by atoms with E-state index in [0.29, 0.717) is 12.0 Å². The topological polar surface area (TPSA) is 80.0 Å². The monoisotopic (exact) mass is 409 g/mol. The summed E-state index contributed by atoms with van der Waals surface area (Å²) in [6, 6.07) is 0.167. The van der Waals surface area contributed by atoms with Gasteiger partial charge in [0.2, 0.25) is 11.9 Å². The fourth-order valence-electron chi connectivity index (χ4n) is 4.45. The van der Waals surface area contributed by atoms with Gasteiger partial charge in [0.25, 0.3) is 0 Å². The van der Waals surface area contributed by atoms with Crippen molar-refractivity contribution in [2.75, 3.05) is 16.8 Å². The maximum atomic E-state index is 13.0. The Morgan fingerprint density at radius 3 is 2.72 bits per heavy atom. The van der Waals surface area contributed by atoms with Crippen LogP contribution in [0.5, 0.6) is 0 Å². The van der Waals surface area contributed by atoms with E-state index in [-0.39, 0.29) is 11.9 Å². The number of aromatic nitrogens is 5. The average Bonchev–Trinajstić information content (AvgIpc) is 3.51. The van der Waals surface area contributed by atoms with Crippen molar-refractivity contribution in [2.45, 2.75) is 51.1 Å². The van der Waals surface area contributed by atoms with Crippen LogP contribution >= 0.6 is 11.3 Å². The molecule has 9 heteroatoms. The van der Waals surface area contributed by atoms with Crippen LogP contribution in [0.15, 0.2) is 30.2 Å². The molecule has 1 saturated carbocycles. The van der Waals surface area contributed by atoms with Crippen molar-refractivity contribution in [1.82, 2.24) is 24.5 Å². The van der Waals surface area contributed by atoms with Crippen molar-refractivity contribution >= 4 is 28.7 Å². The van der Waals surface area contributed by atoms with Gasteiger partial charge in [-0.2, -0.15) is 4.98 Å². The minimum Gasteiger partial charge on any atom is -0.340 e. The largest absolute Gasteiger partial charge is 0.340 e. The maximum absolute atomic E-state index is 13.0.